The van der Waals surface area contributed by atoms with Gasteiger partial charge in [-0.05, 0) is 35.9 Å². The van der Waals surface area contributed by atoms with Crippen LogP contribution in [0.3, 0.4) is 0 Å². The van der Waals surface area contributed by atoms with Crippen LogP contribution in [0.15, 0.2) is 79.5 Å². The van der Waals surface area contributed by atoms with Gasteiger partial charge in [-0.25, -0.2) is 9.97 Å². The van der Waals surface area contributed by atoms with Crippen LogP contribution in [0.25, 0.3) is 22.3 Å². The number of hydrogen-bond donors (Lipinski definition) is 1. The number of anilines is 2. The van der Waals surface area contributed by atoms with Crippen molar-refractivity contribution in [3.8, 4) is 23.1 Å². The van der Waals surface area contributed by atoms with Crippen LogP contribution in [0.4, 0.5) is 24.5 Å². The standard InChI is InChI=1S/C27H20F3N7O2/c1-39-23-8-3-2-7-22(23)37(26(38)27(28,29)30)19-6-4-5-17(11-19)12-20(13-31)36-15-18(14-35-36)24-21-9-10-32-25(21)34-16-33-24/h2-11,14-16,20H,12H2,1H3,(H,32,33,34). The van der Waals surface area contributed by atoms with Crippen molar-refractivity contribution in [3.05, 3.63) is 85.1 Å². The van der Waals surface area contributed by atoms with E-state index in [-0.39, 0.29) is 23.5 Å². The Morgan fingerprint density at radius 2 is 2.00 bits per heavy atom. The van der Waals surface area contributed by atoms with Crippen LogP contribution in [-0.2, 0) is 11.2 Å². The van der Waals surface area contributed by atoms with E-state index in [1.165, 1.54) is 54.5 Å². The number of carbonyl (C=O) groups is 1. The number of aromatic nitrogens is 5. The highest BCUT2D eigenvalue weighted by Gasteiger charge is 2.44. The largest absolute Gasteiger partial charge is 0.495 e. The quantitative estimate of drug-likeness (QED) is 0.302. The molecule has 0 saturated carbocycles. The minimum atomic E-state index is -5.14. The molecule has 1 atom stereocenters. The fourth-order valence-electron chi connectivity index (χ4n) is 4.28. The van der Waals surface area contributed by atoms with Crippen molar-refractivity contribution >= 4 is 28.3 Å². The Balaban J connectivity index is 1.47. The minimum absolute atomic E-state index is 0.0204. The molecule has 0 spiro atoms. The molecule has 5 aromatic rings. The molecule has 5 rings (SSSR count). The maximum absolute atomic E-state index is 13.6. The zero-order valence-electron chi connectivity index (χ0n) is 20.4. The molecule has 2 aromatic carbocycles. The highest BCUT2D eigenvalue weighted by Crippen LogP contribution is 2.37. The summed E-state index contributed by atoms with van der Waals surface area (Å²) in [6.07, 6.45) is 1.42. The molecular weight excluding hydrogens is 511 g/mol. The molecule has 3 heterocycles. The number of halogens is 3. The first-order chi connectivity index (χ1) is 18.8. The molecule has 1 amide bonds. The molecule has 196 valence electrons. The van der Waals surface area contributed by atoms with E-state index in [0.29, 0.717) is 27.4 Å². The average molecular weight is 531 g/mol. The van der Waals surface area contributed by atoms with Crippen LogP contribution in [0.5, 0.6) is 5.75 Å². The number of nitrogens with one attached hydrogen (secondary N) is 1. The monoisotopic (exact) mass is 531 g/mol. The van der Waals surface area contributed by atoms with Gasteiger partial charge in [-0.3, -0.25) is 14.4 Å². The van der Waals surface area contributed by atoms with Crippen LogP contribution in [-0.4, -0.2) is 43.9 Å². The lowest BCUT2D eigenvalue weighted by molar-refractivity contribution is -0.169. The van der Waals surface area contributed by atoms with Gasteiger partial charge in [0.1, 0.15) is 23.8 Å². The number of nitriles is 1. The lowest BCUT2D eigenvalue weighted by atomic mass is 10.1. The van der Waals surface area contributed by atoms with Gasteiger partial charge in [-0.2, -0.15) is 23.5 Å². The SMILES string of the molecule is COc1ccccc1N(C(=O)C(F)(F)F)c1cccc(CC(C#N)n2cc(-c3ncnc4[nH]ccc34)cn2)c1. The molecule has 0 fully saturated rings. The molecule has 1 unspecified atom stereocenters. The number of carbonyl (C=O) groups excluding carboxylic acids is 1. The fourth-order valence-corrected chi connectivity index (χ4v) is 4.28. The summed E-state index contributed by atoms with van der Waals surface area (Å²) >= 11 is 0. The van der Waals surface area contributed by atoms with Crippen molar-refractivity contribution in [1.82, 2.24) is 24.7 Å². The summed E-state index contributed by atoms with van der Waals surface area (Å²) in [5, 5.41) is 15.0. The van der Waals surface area contributed by atoms with E-state index in [2.05, 4.69) is 26.1 Å². The number of methoxy groups -OCH3 is 1. The number of alkyl halides is 3. The third kappa shape index (κ3) is 5.02. The van der Waals surface area contributed by atoms with E-state index in [1.54, 1.807) is 30.7 Å². The summed E-state index contributed by atoms with van der Waals surface area (Å²) in [5.41, 5.74) is 2.43. The molecule has 0 radical (unpaired) electrons. The molecule has 9 nitrogen and oxygen atoms in total. The van der Waals surface area contributed by atoms with Crippen molar-refractivity contribution in [2.45, 2.75) is 18.6 Å². The topological polar surface area (TPSA) is 113 Å². The lowest BCUT2D eigenvalue weighted by Crippen LogP contribution is -2.38. The first-order valence-electron chi connectivity index (χ1n) is 11.7. The second-order valence-corrected chi connectivity index (χ2v) is 8.50. The number of ether oxygens (including phenoxy) is 1. The van der Waals surface area contributed by atoms with Crippen LogP contribution < -0.4 is 9.64 Å². The third-order valence-electron chi connectivity index (χ3n) is 6.07. The number of amides is 1. The number of benzene rings is 2. The van der Waals surface area contributed by atoms with E-state index in [4.69, 9.17) is 4.74 Å². The smallest absolute Gasteiger partial charge is 0.472 e. The van der Waals surface area contributed by atoms with Gasteiger partial charge in [0, 0.05) is 35.5 Å². The van der Waals surface area contributed by atoms with Gasteiger partial charge in [-0.15, -0.1) is 0 Å². The fraction of sp³-hybridized carbons (Fsp3) is 0.148. The van der Waals surface area contributed by atoms with Gasteiger partial charge in [0.25, 0.3) is 0 Å². The van der Waals surface area contributed by atoms with Crippen LogP contribution >= 0.6 is 0 Å². The van der Waals surface area contributed by atoms with E-state index in [1.807, 2.05) is 6.07 Å². The molecule has 0 bridgehead atoms. The van der Waals surface area contributed by atoms with E-state index in [9.17, 15) is 23.2 Å². The van der Waals surface area contributed by atoms with Crippen molar-refractivity contribution in [1.29, 1.82) is 5.26 Å². The van der Waals surface area contributed by atoms with Gasteiger partial charge in [0.15, 0.2) is 0 Å². The second kappa shape index (κ2) is 10.3. The predicted octanol–water partition coefficient (Wildman–Crippen LogP) is 5.36. The van der Waals surface area contributed by atoms with Crippen molar-refractivity contribution < 1.29 is 22.7 Å². The Morgan fingerprint density at radius 3 is 2.77 bits per heavy atom. The first kappa shape index (κ1) is 25.5. The summed E-state index contributed by atoms with van der Waals surface area (Å²) in [4.78, 5) is 24.6. The molecule has 0 aliphatic rings. The summed E-state index contributed by atoms with van der Waals surface area (Å²) < 4.78 is 47.5. The maximum atomic E-state index is 13.6. The number of aromatic amines is 1. The molecule has 0 aliphatic carbocycles. The number of para-hydroxylation sites is 2. The molecule has 0 aliphatic heterocycles. The van der Waals surface area contributed by atoms with Crippen LogP contribution in [0.2, 0.25) is 0 Å². The van der Waals surface area contributed by atoms with Crippen molar-refractivity contribution in [2.75, 3.05) is 12.0 Å². The second-order valence-electron chi connectivity index (χ2n) is 8.50. The normalized spacial score (nSPS) is 12.2. The lowest BCUT2D eigenvalue weighted by Gasteiger charge is -2.26. The predicted molar refractivity (Wildman–Crippen MR) is 136 cm³/mol. The van der Waals surface area contributed by atoms with E-state index < -0.39 is 18.1 Å². The molecule has 0 saturated heterocycles. The van der Waals surface area contributed by atoms with Crippen molar-refractivity contribution in [3.63, 3.8) is 0 Å². The molecular formula is C27H20F3N7O2. The van der Waals surface area contributed by atoms with E-state index in [0.717, 1.165) is 5.39 Å². The van der Waals surface area contributed by atoms with Gasteiger partial charge in [0.2, 0.25) is 0 Å². The number of rotatable bonds is 7. The van der Waals surface area contributed by atoms with Gasteiger partial charge < -0.3 is 9.72 Å². The third-order valence-corrected chi connectivity index (χ3v) is 6.07. The zero-order chi connectivity index (χ0) is 27.6. The number of H-pyrrole nitrogens is 1. The highest BCUT2D eigenvalue weighted by atomic mass is 19.4. The zero-order valence-corrected chi connectivity index (χ0v) is 20.4. The van der Waals surface area contributed by atoms with Gasteiger partial charge in [0.05, 0.1) is 30.8 Å². The van der Waals surface area contributed by atoms with Crippen molar-refractivity contribution in [2.24, 2.45) is 0 Å². The van der Waals surface area contributed by atoms with Gasteiger partial charge >= 0.3 is 12.1 Å². The molecule has 1 N–H and O–H groups in total. The number of hydrogen-bond acceptors (Lipinski definition) is 6. The summed E-state index contributed by atoms with van der Waals surface area (Å²) in [6.45, 7) is 0. The number of fused-ring (bicyclic) bond motifs is 1. The summed E-state index contributed by atoms with van der Waals surface area (Å²) in [5.74, 6) is -1.97. The Hall–Kier alpha value is -5.18. The Kier molecular flexibility index (Phi) is 6.72. The summed E-state index contributed by atoms with van der Waals surface area (Å²) in [7, 11) is 1.31. The summed E-state index contributed by atoms with van der Waals surface area (Å²) in [6, 6.07) is 15.2. The Labute approximate surface area is 220 Å². The Morgan fingerprint density at radius 1 is 1.18 bits per heavy atom. The van der Waals surface area contributed by atoms with E-state index >= 15 is 0 Å². The van der Waals surface area contributed by atoms with Gasteiger partial charge in [-0.1, -0.05) is 24.3 Å². The first-order valence-corrected chi connectivity index (χ1v) is 11.7. The molecule has 12 heteroatoms. The van der Waals surface area contributed by atoms with Crippen LogP contribution in [0, 0.1) is 11.3 Å². The maximum Gasteiger partial charge on any atom is 0.472 e. The number of nitrogens with zero attached hydrogens (tertiary/aromatic N) is 6. The van der Waals surface area contributed by atoms with Crippen LogP contribution in [0.1, 0.15) is 11.6 Å². The average Bonchev–Trinajstić information content (AvgIpc) is 3.62. The molecule has 39 heavy (non-hydrogen) atoms. The molecule has 3 aromatic heterocycles. The minimum Gasteiger partial charge on any atom is -0.495 e. The highest BCUT2D eigenvalue weighted by molar-refractivity contribution is 6.04. The Bertz CT molecular complexity index is 1690.